The van der Waals surface area contributed by atoms with Crippen LogP contribution in [0.3, 0.4) is 0 Å². The van der Waals surface area contributed by atoms with Crippen molar-refractivity contribution in [3.63, 3.8) is 0 Å². The van der Waals surface area contributed by atoms with Crippen molar-refractivity contribution in [3.8, 4) is 0 Å². The van der Waals surface area contributed by atoms with E-state index >= 15 is 0 Å². The Morgan fingerprint density at radius 1 is 1.53 bits per heavy atom. The Morgan fingerprint density at radius 3 is 2.82 bits per heavy atom. The molecule has 1 amide bonds. The zero-order valence-corrected chi connectivity index (χ0v) is 9.93. The number of carboxylic acid groups (broad SMARTS) is 1. The van der Waals surface area contributed by atoms with Crippen molar-refractivity contribution in [2.45, 2.75) is 31.8 Å². The lowest BCUT2D eigenvalue weighted by Crippen LogP contribution is -2.36. The van der Waals surface area contributed by atoms with Gasteiger partial charge in [0.05, 0.1) is 6.10 Å². The van der Waals surface area contributed by atoms with Crippen LogP contribution in [-0.2, 0) is 14.3 Å². The zero-order valence-electron chi connectivity index (χ0n) is 9.93. The van der Waals surface area contributed by atoms with Gasteiger partial charge in [-0.15, -0.1) is 6.58 Å². The maximum Gasteiger partial charge on any atom is 0.323 e. The molecule has 0 spiro atoms. The van der Waals surface area contributed by atoms with E-state index in [1.54, 1.807) is 0 Å². The summed E-state index contributed by atoms with van der Waals surface area (Å²) in [5, 5.41) is 8.69. The fourth-order valence-electron chi connectivity index (χ4n) is 1.89. The molecule has 1 aliphatic rings. The largest absolute Gasteiger partial charge is 0.480 e. The van der Waals surface area contributed by atoms with Crippen LogP contribution in [0.2, 0.25) is 0 Å². The monoisotopic (exact) mass is 241 g/mol. The van der Waals surface area contributed by atoms with Crippen molar-refractivity contribution in [3.05, 3.63) is 12.7 Å². The summed E-state index contributed by atoms with van der Waals surface area (Å²) >= 11 is 0. The van der Waals surface area contributed by atoms with Gasteiger partial charge >= 0.3 is 5.97 Å². The predicted molar refractivity (Wildman–Crippen MR) is 62.6 cm³/mol. The third kappa shape index (κ3) is 4.99. The van der Waals surface area contributed by atoms with Gasteiger partial charge in [0.1, 0.15) is 6.54 Å². The molecule has 1 aliphatic heterocycles. The van der Waals surface area contributed by atoms with E-state index in [1.165, 1.54) is 11.0 Å². The predicted octanol–water partition coefficient (Wildman–Crippen LogP) is 1.04. The first-order valence-corrected chi connectivity index (χ1v) is 5.85. The number of hydrogen-bond donors (Lipinski definition) is 1. The van der Waals surface area contributed by atoms with Gasteiger partial charge in [-0.3, -0.25) is 9.59 Å². The molecule has 0 aromatic carbocycles. The number of ether oxygens (including phenoxy) is 1. The van der Waals surface area contributed by atoms with Crippen LogP contribution in [0.15, 0.2) is 12.7 Å². The van der Waals surface area contributed by atoms with Gasteiger partial charge in [-0.2, -0.15) is 0 Å². The SMILES string of the molecule is C=CCN(CC(=O)O)C(=O)CCC1CCCO1. The van der Waals surface area contributed by atoms with Gasteiger partial charge in [0, 0.05) is 19.6 Å². The van der Waals surface area contributed by atoms with E-state index in [4.69, 9.17) is 9.84 Å². The topological polar surface area (TPSA) is 66.8 Å². The molecule has 0 aliphatic carbocycles. The molecule has 5 nitrogen and oxygen atoms in total. The Balaban J connectivity index is 2.35. The van der Waals surface area contributed by atoms with Gasteiger partial charge in [-0.25, -0.2) is 0 Å². The Bertz CT molecular complexity index is 284. The third-order valence-corrected chi connectivity index (χ3v) is 2.73. The highest BCUT2D eigenvalue weighted by Crippen LogP contribution is 2.17. The molecule has 1 unspecified atom stereocenters. The molecule has 17 heavy (non-hydrogen) atoms. The summed E-state index contributed by atoms with van der Waals surface area (Å²) in [6.07, 6.45) is 4.75. The first-order chi connectivity index (χ1) is 8.13. The first kappa shape index (κ1) is 13.7. The van der Waals surface area contributed by atoms with Crippen molar-refractivity contribution in [1.82, 2.24) is 4.90 Å². The number of hydrogen-bond acceptors (Lipinski definition) is 3. The zero-order chi connectivity index (χ0) is 12.7. The minimum atomic E-state index is -1.00. The summed E-state index contributed by atoms with van der Waals surface area (Å²) in [5.41, 5.74) is 0. The Morgan fingerprint density at radius 2 is 2.29 bits per heavy atom. The number of nitrogens with zero attached hydrogens (tertiary/aromatic N) is 1. The lowest BCUT2D eigenvalue weighted by molar-refractivity contribution is -0.144. The number of carboxylic acids is 1. The van der Waals surface area contributed by atoms with E-state index in [-0.39, 0.29) is 25.1 Å². The maximum atomic E-state index is 11.8. The molecule has 96 valence electrons. The summed E-state index contributed by atoms with van der Waals surface area (Å²) in [4.78, 5) is 23.7. The van der Waals surface area contributed by atoms with E-state index in [1.807, 2.05) is 0 Å². The molecule has 1 atom stereocenters. The molecule has 1 fully saturated rings. The van der Waals surface area contributed by atoms with Crippen LogP contribution >= 0.6 is 0 Å². The van der Waals surface area contributed by atoms with E-state index < -0.39 is 5.97 Å². The van der Waals surface area contributed by atoms with Gasteiger partial charge in [0.25, 0.3) is 0 Å². The highest BCUT2D eigenvalue weighted by Gasteiger charge is 2.20. The Hall–Kier alpha value is -1.36. The third-order valence-electron chi connectivity index (χ3n) is 2.73. The minimum Gasteiger partial charge on any atom is -0.480 e. The number of carbonyl (C=O) groups excluding carboxylic acids is 1. The fraction of sp³-hybridized carbons (Fsp3) is 0.667. The van der Waals surface area contributed by atoms with Gasteiger partial charge < -0.3 is 14.7 Å². The van der Waals surface area contributed by atoms with Crippen molar-refractivity contribution < 1.29 is 19.4 Å². The smallest absolute Gasteiger partial charge is 0.323 e. The van der Waals surface area contributed by atoms with Crippen molar-refractivity contribution in [1.29, 1.82) is 0 Å². The summed E-state index contributed by atoms with van der Waals surface area (Å²) in [7, 11) is 0. The summed E-state index contributed by atoms with van der Waals surface area (Å²) < 4.78 is 5.42. The standard InChI is InChI=1S/C12H19NO4/c1-2-7-13(9-12(15)16)11(14)6-5-10-4-3-8-17-10/h2,10H,1,3-9H2,(H,15,16). The molecule has 0 bridgehead atoms. The second-order valence-electron chi connectivity index (χ2n) is 4.13. The molecule has 0 saturated carbocycles. The van der Waals surface area contributed by atoms with Gasteiger partial charge in [0.2, 0.25) is 5.91 Å². The number of rotatable bonds is 7. The molecule has 0 radical (unpaired) electrons. The molecule has 5 heteroatoms. The van der Waals surface area contributed by atoms with Gasteiger partial charge in [-0.1, -0.05) is 6.08 Å². The number of aliphatic carboxylic acids is 1. The van der Waals surface area contributed by atoms with Crippen LogP contribution in [0.5, 0.6) is 0 Å². The minimum absolute atomic E-state index is 0.150. The van der Waals surface area contributed by atoms with Crippen molar-refractivity contribution in [2.75, 3.05) is 19.7 Å². The first-order valence-electron chi connectivity index (χ1n) is 5.85. The molecule has 1 rings (SSSR count). The maximum absolute atomic E-state index is 11.8. The van der Waals surface area contributed by atoms with Crippen molar-refractivity contribution in [2.24, 2.45) is 0 Å². The molecule has 0 aromatic heterocycles. The molecule has 1 saturated heterocycles. The van der Waals surface area contributed by atoms with Gasteiger partial charge in [0.15, 0.2) is 0 Å². The van der Waals surface area contributed by atoms with Crippen LogP contribution < -0.4 is 0 Å². The van der Waals surface area contributed by atoms with E-state index in [0.717, 1.165) is 19.4 Å². The Labute approximate surface area is 101 Å². The molecular weight excluding hydrogens is 222 g/mol. The summed E-state index contributed by atoms with van der Waals surface area (Å²) in [6.45, 7) is 4.29. The lowest BCUT2D eigenvalue weighted by Gasteiger charge is -2.19. The van der Waals surface area contributed by atoms with Gasteiger partial charge in [-0.05, 0) is 19.3 Å². The van der Waals surface area contributed by atoms with Crippen molar-refractivity contribution >= 4 is 11.9 Å². The second kappa shape index (κ2) is 7.06. The highest BCUT2D eigenvalue weighted by atomic mass is 16.5. The van der Waals surface area contributed by atoms with E-state index in [9.17, 15) is 9.59 Å². The summed E-state index contributed by atoms with van der Waals surface area (Å²) in [5.74, 6) is -1.15. The van der Waals surface area contributed by atoms with Crippen LogP contribution in [0.1, 0.15) is 25.7 Å². The molecule has 1 N–H and O–H groups in total. The second-order valence-corrected chi connectivity index (χ2v) is 4.13. The normalized spacial score (nSPS) is 18.9. The van der Waals surface area contributed by atoms with E-state index in [0.29, 0.717) is 12.8 Å². The van der Waals surface area contributed by atoms with Crippen LogP contribution in [0.25, 0.3) is 0 Å². The molecule has 0 aromatic rings. The average Bonchev–Trinajstić information content (AvgIpc) is 2.77. The molecule has 1 heterocycles. The molecular formula is C12H19NO4. The van der Waals surface area contributed by atoms with Crippen LogP contribution in [0.4, 0.5) is 0 Å². The Kier molecular flexibility index (Phi) is 5.69. The van der Waals surface area contributed by atoms with E-state index in [2.05, 4.69) is 6.58 Å². The number of amides is 1. The van der Waals surface area contributed by atoms with Crippen LogP contribution in [0, 0.1) is 0 Å². The lowest BCUT2D eigenvalue weighted by atomic mass is 10.1. The van der Waals surface area contributed by atoms with Crippen LogP contribution in [-0.4, -0.2) is 47.7 Å². The fourth-order valence-corrected chi connectivity index (χ4v) is 1.89. The highest BCUT2D eigenvalue weighted by molar-refractivity contribution is 5.81. The quantitative estimate of drug-likeness (QED) is 0.676. The average molecular weight is 241 g/mol. The summed E-state index contributed by atoms with van der Waals surface area (Å²) in [6, 6.07) is 0. The number of carbonyl (C=O) groups is 2.